The van der Waals surface area contributed by atoms with Crippen LogP contribution in [-0.2, 0) is 25.4 Å². The van der Waals surface area contributed by atoms with E-state index in [1.165, 1.54) is 0 Å². The van der Waals surface area contributed by atoms with Crippen molar-refractivity contribution in [2.75, 3.05) is 25.3 Å². The first-order valence-corrected chi connectivity index (χ1v) is 9.19. The summed E-state index contributed by atoms with van der Waals surface area (Å²) >= 11 is 12.3. The zero-order valence-corrected chi connectivity index (χ0v) is 16.7. The van der Waals surface area contributed by atoms with E-state index in [2.05, 4.69) is 14.8 Å². The maximum atomic E-state index is 12.0. The van der Waals surface area contributed by atoms with E-state index in [-0.39, 0.29) is 6.42 Å². The van der Waals surface area contributed by atoms with Crippen molar-refractivity contribution in [1.29, 1.82) is 0 Å². The molecule has 2 aromatic rings. The number of hydrogen-bond acceptors (Lipinski definition) is 8. The number of carbonyl (C=O) groups excluding carboxylic acids is 2. The molecule has 0 spiro atoms. The number of nitrogens with one attached hydrogen (secondary N) is 1. The number of para-hydroxylation sites is 2. The largest absolute Gasteiger partial charge is 0.511 e. The summed E-state index contributed by atoms with van der Waals surface area (Å²) in [5, 5.41) is 21.6. The summed E-state index contributed by atoms with van der Waals surface area (Å²) in [7, 11) is 0. The molecule has 10 heteroatoms. The monoisotopic (exact) mass is 443 g/mol. The highest BCUT2D eigenvalue weighted by molar-refractivity contribution is 6.39. The number of anilines is 2. The first-order valence-electron chi connectivity index (χ1n) is 8.43. The minimum Gasteiger partial charge on any atom is -0.431 e. The molecule has 2 aromatic carbocycles. The molecule has 156 valence electrons. The van der Waals surface area contributed by atoms with Gasteiger partial charge < -0.3 is 29.7 Å². The summed E-state index contributed by atoms with van der Waals surface area (Å²) in [4.78, 5) is 23.3. The minimum absolute atomic E-state index is 0.104. The van der Waals surface area contributed by atoms with Crippen molar-refractivity contribution in [2.45, 2.75) is 12.5 Å². The van der Waals surface area contributed by atoms with Gasteiger partial charge in [0.25, 0.3) is 0 Å². The molecule has 2 rings (SSSR count). The number of esters is 1. The van der Waals surface area contributed by atoms with Crippen molar-refractivity contribution in [3.05, 3.63) is 58.1 Å². The molecule has 0 aliphatic heterocycles. The van der Waals surface area contributed by atoms with E-state index in [0.29, 0.717) is 27.0 Å². The third-order valence-electron chi connectivity index (χ3n) is 3.58. The fourth-order valence-electron chi connectivity index (χ4n) is 2.16. The van der Waals surface area contributed by atoms with Crippen LogP contribution < -0.4 is 5.32 Å². The Kier molecular flexibility index (Phi) is 9.01. The highest BCUT2D eigenvalue weighted by Gasteiger charge is 2.13. The molecule has 1 atom stereocenters. The van der Waals surface area contributed by atoms with Crippen LogP contribution in [0.3, 0.4) is 0 Å². The summed E-state index contributed by atoms with van der Waals surface area (Å²) in [5.74, 6) is -0.646. The predicted octanol–water partition coefficient (Wildman–Crippen LogP) is 3.29. The van der Waals surface area contributed by atoms with E-state index in [1.807, 2.05) is 0 Å². The van der Waals surface area contributed by atoms with Crippen LogP contribution in [0, 0.1) is 0 Å². The molecular weight excluding hydrogens is 425 g/mol. The molecule has 0 radical (unpaired) electrons. The average molecular weight is 444 g/mol. The minimum atomic E-state index is -1.21. The van der Waals surface area contributed by atoms with Gasteiger partial charge in [-0.15, -0.1) is 0 Å². The van der Waals surface area contributed by atoms with E-state index < -0.39 is 38.2 Å². The third kappa shape index (κ3) is 7.43. The van der Waals surface area contributed by atoms with Gasteiger partial charge in [0.1, 0.15) is 12.7 Å². The van der Waals surface area contributed by atoms with E-state index in [0.717, 1.165) is 0 Å². The second-order valence-corrected chi connectivity index (χ2v) is 6.55. The van der Waals surface area contributed by atoms with Crippen LogP contribution in [0.1, 0.15) is 5.56 Å². The van der Waals surface area contributed by atoms with Gasteiger partial charge in [-0.2, -0.15) is 0 Å². The number of aliphatic hydroxyl groups excluding tert-OH is 2. The molecule has 0 bridgehead atoms. The van der Waals surface area contributed by atoms with Gasteiger partial charge in [0.05, 0.1) is 28.8 Å². The SMILES string of the molecule is O=C(Cc1ccccc1Nc1c(Cl)cccc1Cl)OCOC(=O)OCC(O)CO. The molecule has 1 unspecified atom stereocenters. The standard InChI is InChI=1S/C19H19Cl2NO7/c20-14-5-3-6-15(21)18(14)22-16-7-2-1-4-12(16)8-17(25)28-11-29-19(26)27-10-13(24)9-23/h1-7,13,22-24H,8-11H2. The number of carbonyl (C=O) groups is 2. The van der Waals surface area contributed by atoms with Gasteiger partial charge in [-0.1, -0.05) is 47.5 Å². The van der Waals surface area contributed by atoms with Crippen LogP contribution in [0.5, 0.6) is 0 Å². The Labute approximate surface area is 176 Å². The van der Waals surface area contributed by atoms with Crippen LogP contribution in [-0.4, -0.2) is 48.4 Å². The van der Waals surface area contributed by atoms with Crippen molar-refractivity contribution >= 4 is 46.7 Å². The highest BCUT2D eigenvalue weighted by atomic mass is 35.5. The summed E-state index contributed by atoms with van der Waals surface area (Å²) in [6, 6.07) is 12.1. The maximum absolute atomic E-state index is 12.0. The van der Waals surface area contributed by atoms with Crippen molar-refractivity contribution in [3.8, 4) is 0 Å². The van der Waals surface area contributed by atoms with Gasteiger partial charge in [-0.25, -0.2) is 4.79 Å². The molecule has 8 nitrogen and oxygen atoms in total. The molecular formula is C19H19Cl2NO7. The average Bonchev–Trinajstić information content (AvgIpc) is 2.70. The lowest BCUT2D eigenvalue weighted by molar-refractivity contribution is -0.152. The lowest BCUT2D eigenvalue weighted by atomic mass is 10.1. The van der Waals surface area contributed by atoms with Crippen LogP contribution >= 0.6 is 23.2 Å². The van der Waals surface area contributed by atoms with Crippen LogP contribution in [0.2, 0.25) is 10.0 Å². The summed E-state index contributed by atoms with van der Waals surface area (Å²) in [5.41, 5.74) is 1.73. The van der Waals surface area contributed by atoms with Crippen molar-refractivity contribution < 1.29 is 34.0 Å². The van der Waals surface area contributed by atoms with E-state index >= 15 is 0 Å². The summed E-state index contributed by atoms with van der Waals surface area (Å²) in [6.45, 7) is -1.65. The first-order chi connectivity index (χ1) is 13.9. The van der Waals surface area contributed by atoms with Crippen molar-refractivity contribution in [2.24, 2.45) is 0 Å². The molecule has 0 saturated carbocycles. The molecule has 0 heterocycles. The number of aliphatic hydroxyl groups is 2. The normalized spacial score (nSPS) is 11.4. The molecule has 0 aliphatic carbocycles. The molecule has 0 fully saturated rings. The van der Waals surface area contributed by atoms with E-state index in [1.54, 1.807) is 42.5 Å². The zero-order chi connectivity index (χ0) is 21.2. The van der Waals surface area contributed by atoms with Gasteiger partial charge in [0.2, 0.25) is 6.79 Å². The fraction of sp³-hybridized carbons (Fsp3) is 0.263. The Balaban J connectivity index is 1.89. The Morgan fingerprint density at radius 3 is 2.38 bits per heavy atom. The van der Waals surface area contributed by atoms with Crippen molar-refractivity contribution in [1.82, 2.24) is 0 Å². The van der Waals surface area contributed by atoms with Gasteiger partial charge in [-0.3, -0.25) is 4.79 Å². The number of halogens is 2. The second kappa shape index (κ2) is 11.5. The molecule has 29 heavy (non-hydrogen) atoms. The van der Waals surface area contributed by atoms with Crippen molar-refractivity contribution in [3.63, 3.8) is 0 Å². The quantitative estimate of drug-likeness (QED) is 0.399. The van der Waals surface area contributed by atoms with E-state index in [9.17, 15) is 9.59 Å². The second-order valence-electron chi connectivity index (χ2n) is 5.73. The van der Waals surface area contributed by atoms with Crippen LogP contribution in [0.15, 0.2) is 42.5 Å². The number of hydrogen-bond donors (Lipinski definition) is 3. The van der Waals surface area contributed by atoms with Gasteiger partial charge >= 0.3 is 12.1 Å². The van der Waals surface area contributed by atoms with Gasteiger partial charge in [-0.05, 0) is 23.8 Å². The topological polar surface area (TPSA) is 114 Å². The highest BCUT2D eigenvalue weighted by Crippen LogP contribution is 2.33. The molecule has 0 amide bonds. The Hall–Kier alpha value is -2.52. The third-order valence-corrected chi connectivity index (χ3v) is 4.21. The summed E-state index contributed by atoms with van der Waals surface area (Å²) in [6.07, 6.45) is -2.45. The molecule has 3 N–H and O–H groups in total. The molecule has 0 saturated heterocycles. The van der Waals surface area contributed by atoms with E-state index in [4.69, 9.17) is 38.2 Å². The number of benzene rings is 2. The Bertz CT molecular complexity index is 827. The smallest absolute Gasteiger partial charge is 0.431 e. The lowest BCUT2D eigenvalue weighted by Crippen LogP contribution is -2.23. The fourth-order valence-corrected chi connectivity index (χ4v) is 2.65. The lowest BCUT2D eigenvalue weighted by Gasteiger charge is -2.14. The first kappa shape index (κ1) is 22.8. The Morgan fingerprint density at radius 2 is 1.69 bits per heavy atom. The van der Waals surface area contributed by atoms with Gasteiger partial charge in [0, 0.05) is 5.69 Å². The maximum Gasteiger partial charge on any atom is 0.511 e. The Morgan fingerprint density at radius 1 is 1.00 bits per heavy atom. The number of rotatable bonds is 9. The van der Waals surface area contributed by atoms with Crippen LogP contribution in [0.4, 0.5) is 16.2 Å². The molecule has 0 aromatic heterocycles. The predicted molar refractivity (Wildman–Crippen MR) is 106 cm³/mol. The van der Waals surface area contributed by atoms with Gasteiger partial charge in [0.15, 0.2) is 0 Å². The molecule has 0 aliphatic rings. The zero-order valence-electron chi connectivity index (χ0n) is 15.1. The van der Waals surface area contributed by atoms with Crippen LogP contribution in [0.25, 0.3) is 0 Å². The summed E-state index contributed by atoms with van der Waals surface area (Å²) < 4.78 is 13.9. The number of ether oxygens (including phenoxy) is 3.